The Hall–Kier alpha value is -4.03. The van der Waals surface area contributed by atoms with E-state index in [1.165, 1.54) is 13.8 Å². The lowest BCUT2D eigenvalue weighted by molar-refractivity contribution is -0.162. The van der Waals surface area contributed by atoms with E-state index in [0.717, 1.165) is 50.7 Å². The third kappa shape index (κ3) is 5.75. The number of unbranched alkanes of at least 4 members (excludes halogenated alkanes) is 1. The number of nitrogens with one attached hydrogen (secondary N) is 1. The summed E-state index contributed by atoms with van der Waals surface area (Å²) >= 11 is 10.4. The highest BCUT2D eigenvalue weighted by Gasteiger charge is 2.30. The van der Waals surface area contributed by atoms with Crippen LogP contribution in [0.15, 0.2) is 51.7 Å². The van der Waals surface area contributed by atoms with E-state index in [1.54, 1.807) is 17.1 Å². The number of aromatic nitrogens is 6. The Morgan fingerprint density at radius 3 is 2.63 bits per heavy atom. The minimum absolute atomic E-state index is 0.00908. The number of carbonyl (C=O) groups excluding carboxylic acids is 2. The summed E-state index contributed by atoms with van der Waals surface area (Å²) in [6.45, 7) is 5.00. The molecule has 0 radical (unpaired) electrons. The zero-order valence-corrected chi connectivity index (χ0v) is 24.8. The lowest BCUT2D eigenvalue weighted by atomic mass is 9.97. The molecule has 41 heavy (non-hydrogen) atoms. The Bertz CT molecular complexity index is 1660. The highest BCUT2D eigenvalue weighted by molar-refractivity contribution is 9.10. The molecule has 1 N–H and O–H groups in total. The summed E-state index contributed by atoms with van der Waals surface area (Å²) in [4.78, 5) is 29.3. The first kappa shape index (κ1) is 28.5. The number of benzene rings is 1. The van der Waals surface area contributed by atoms with Crippen LogP contribution in [0, 0.1) is 0 Å². The second-order valence-electron chi connectivity index (χ2n) is 9.27. The summed E-state index contributed by atoms with van der Waals surface area (Å²) in [7, 11) is 0. The molecule has 0 spiro atoms. The number of esters is 2. The Morgan fingerprint density at radius 1 is 1.15 bits per heavy atom. The maximum Gasteiger partial charge on any atom is 0.361 e. The number of aryl methyl sites for hydroxylation is 1. The summed E-state index contributed by atoms with van der Waals surface area (Å²) in [6, 6.07) is 9.59. The van der Waals surface area contributed by atoms with E-state index in [1.807, 2.05) is 30.3 Å². The molecule has 0 saturated heterocycles. The molecule has 2 aromatic heterocycles. The first-order valence-corrected chi connectivity index (χ1v) is 14.1. The number of halogens is 2. The first-order valence-electron chi connectivity index (χ1n) is 12.9. The van der Waals surface area contributed by atoms with Crippen molar-refractivity contribution in [2.24, 2.45) is 0 Å². The molecule has 2 aliphatic rings. The van der Waals surface area contributed by atoms with Crippen LogP contribution in [0.1, 0.15) is 55.5 Å². The summed E-state index contributed by atoms with van der Waals surface area (Å²) in [5, 5.41) is 14.6. The van der Waals surface area contributed by atoms with Crippen molar-refractivity contribution < 1.29 is 23.5 Å². The van der Waals surface area contributed by atoms with Crippen LogP contribution < -0.4 is 0 Å². The quantitative estimate of drug-likeness (QED) is 0.137. The van der Waals surface area contributed by atoms with Gasteiger partial charge in [-0.15, -0.1) is 10.2 Å². The van der Waals surface area contributed by atoms with Crippen molar-refractivity contribution >= 4 is 39.5 Å². The van der Waals surface area contributed by atoms with Crippen LogP contribution in [-0.4, -0.2) is 48.4 Å². The topological polar surface area (TPSA) is 138 Å². The van der Waals surface area contributed by atoms with Gasteiger partial charge < -0.3 is 18.5 Å². The van der Waals surface area contributed by atoms with Gasteiger partial charge in [0, 0.05) is 41.4 Å². The van der Waals surface area contributed by atoms with E-state index < -0.39 is 18.2 Å². The maximum atomic E-state index is 13.4. The van der Waals surface area contributed by atoms with E-state index in [0.29, 0.717) is 18.1 Å². The second-order valence-corrected chi connectivity index (χ2v) is 10.4. The lowest BCUT2D eigenvalue weighted by Gasteiger charge is -2.17. The zero-order chi connectivity index (χ0) is 29.1. The van der Waals surface area contributed by atoms with Crippen molar-refractivity contribution in [2.45, 2.75) is 52.9 Å². The van der Waals surface area contributed by atoms with E-state index >= 15 is 0 Å². The summed E-state index contributed by atoms with van der Waals surface area (Å²) in [5.74, 6) is -0.256. The fourth-order valence-electron chi connectivity index (χ4n) is 4.80. The third-order valence-corrected chi connectivity index (χ3v) is 7.61. The molecule has 3 aromatic rings. The Kier molecular flexibility index (Phi) is 8.50. The van der Waals surface area contributed by atoms with E-state index in [2.05, 4.69) is 48.5 Å². The molecule has 1 aliphatic heterocycles. The normalized spacial score (nSPS) is 12.0. The van der Waals surface area contributed by atoms with Crippen molar-refractivity contribution in [3.05, 3.63) is 69.6 Å². The number of hydrogen-bond donors (Lipinski definition) is 1. The third-order valence-electron chi connectivity index (χ3n) is 6.53. The number of imidazole rings is 1. The van der Waals surface area contributed by atoms with Gasteiger partial charge in [-0.1, -0.05) is 49.2 Å². The van der Waals surface area contributed by atoms with Gasteiger partial charge in [-0.2, -0.15) is 5.21 Å². The largest absolute Gasteiger partial charge is 0.472 e. The molecule has 3 heterocycles. The summed E-state index contributed by atoms with van der Waals surface area (Å²) < 4.78 is 18.5. The van der Waals surface area contributed by atoms with Crippen molar-refractivity contribution in [2.75, 3.05) is 0 Å². The SMILES string of the molecule is CCCCc1nc(Cl)c(C(=O)OC(C)OC(C)=O)n1Cc1c2ccocc-2c(Br)c1-c1ccccc1-c1nn[nH]n1. The standard InChI is InChI=1S/C28H26BrClN6O5/c1-4-5-10-22-31-26(30)25(28(38)41-16(3)40-15(2)37)36(22)13-20-17-11-12-39-14-21(17)24(29)23(20)18-8-6-7-9-19(18)27-32-34-35-33-27/h6-9,11-12,14,16H,4-5,10,13H2,1-3H3,(H,32,33,34,35). The van der Waals surface area contributed by atoms with Crippen LogP contribution in [0.3, 0.4) is 0 Å². The van der Waals surface area contributed by atoms with Crippen LogP contribution in [0.2, 0.25) is 5.15 Å². The number of nitrogens with zero attached hydrogens (tertiary/aromatic N) is 5. The highest BCUT2D eigenvalue weighted by atomic mass is 79.9. The molecule has 1 aromatic carbocycles. The van der Waals surface area contributed by atoms with Gasteiger partial charge in [0.2, 0.25) is 12.1 Å². The molecule has 0 amide bonds. The minimum Gasteiger partial charge on any atom is -0.472 e. The van der Waals surface area contributed by atoms with Gasteiger partial charge in [-0.3, -0.25) is 4.79 Å². The maximum absolute atomic E-state index is 13.4. The smallest absolute Gasteiger partial charge is 0.361 e. The van der Waals surface area contributed by atoms with Crippen LogP contribution in [0.5, 0.6) is 0 Å². The van der Waals surface area contributed by atoms with E-state index in [4.69, 9.17) is 25.5 Å². The van der Waals surface area contributed by atoms with Gasteiger partial charge in [0.1, 0.15) is 5.82 Å². The molecule has 1 unspecified atom stereocenters. The van der Waals surface area contributed by atoms with Crippen molar-refractivity contribution in [3.8, 4) is 33.6 Å². The molecule has 1 atom stereocenters. The Balaban J connectivity index is 1.68. The number of tetrazole rings is 1. The van der Waals surface area contributed by atoms with Gasteiger partial charge >= 0.3 is 11.9 Å². The van der Waals surface area contributed by atoms with Crippen molar-refractivity contribution in [1.29, 1.82) is 0 Å². The first-order chi connectivity index (χ1) is 19.8. The monoisotopic (exact) mass is 640 g/mol. The van der Waals surface area contributed by atoms with Gasteiger partial charge in [0.25, 0.3) is 0 Å². The molecule has 0 saturated carbocycles. The molecule has 1 aliphatic carbocycles. The molecular formula is C28H26BrClN6O5. The Labute approximate surface area is 248 Å². The minimum atomic E-state index is -1.11. The van der Waals surface area contributed by atoms with Gasteiger partial charge in [0.05, 0.1) is 19.1 Å². The molecule has 212 valence electrons. The number of aromatic amines is 1. The predicted molar refractivity (Wildman–Crippen MR) is 153 cm³/mol. The molecular weight excluding hydrogens is 616 g/mol. The van der Waals surface area contributed by atoms with Crippen LogP contribution in [0.4, 0.5) is 0 Å². The fourth-order valence-corrected chi connectivity index (χ4v) is 5.84. The number of rotatable bonds is 10. The van der Waals surface area contributed by atoms with Crippen molar-refractivity contribution in [3.63, 3.8) is 0 Å². The lowest BCUT2D eigenvalue weighted by Crippen LogP contribution is -2.23. The van der Waals surface area contributed by atoms with Gasteiger partial charge in [-0.05, 0) is 50.3 Å². The van der Waals surface area contributed by atoms with Crippen LogP contribution in [-0.2, 0) is 27.2 Å². The van der Waals surface area contributed by atoms with Crippen LogP contribution >= 0.6 is 27.5 Å². The fraction of sp³-hybridized carbons (Fsp3) is 0.286. The zero-order valence-electron chi connectivity index (χ0n) is 22.5. The molecule has 0 fully saturated rings. The number of hydrogen-bond acceptors (Lipinski definition) is 9. The van der Waals surface area contributed by atoms with E-state index in [9.17, 15) is 9.59 Å². The highest BCUT2D eigenvalue weighted by Crippen LogP contribution is 2.48. The van der Waals surface area contributed by atoms with E-state index in [-0.39, 0.29) is 17.4 Å². The van der Waals surface area contributed by atoms with Crippen molar-refractivity contribution in [1.82, 2.24) is 30.2 Å². The second kappa shape index (κ2) is 12.2. The average molecular weight is 642 g/mol. The number of ether oxygens (including phenoxy) is 2. The Morgan fingerprint density at radius 2 is 1.93 bits per heavy atom. The van der Waals surface area contributed by atoms with Crippen LogP contribution in [0.25, 0.3) is 33.6 Å². The predicted octanol–water partition coefficient (Wildman–Crippen LogP) is 6.30. The molecule has 11 nitrogen and oxygen atoms in total. The number of H-pyrrole nitrogens is 1. The van der Waals surface area contributed by atoms with Gasteiger partial charge in [0.15, 0.2) is 10.8 Å². The summed E-state index contributed by atoms with van der Waals surface area (Å²) in [5.41, 5.74) is 5.17. The van der Waals surface area contributed by atoms with Gasteiger partial charge in [-0.25, -0.2) is 9.78 Å². The number of fused-ring (bicyclic) bond motifs is 1. The average Bonchev–Trinajstić information content (AvgIpc) is 3.65. The molecule has 5 rings (SSSR count). The molecule has 0 bridgehead atoms. The molecule has 13 heteroatoms. The number of carbonyl (C=O) groups is 2. The summed E-state index contributed by atoms with van der Waals surface area (Å²) in [6.07, 6.45) is 4.51.